The third kappa shape index (κ3) is 4.58. The van der Waals surface area contributed by atoms with Crippen molar-refractivity contribution in [3.63, 3.8) is 0 Å². The Morgan fingerprint density at radius 1 is 0.966 bits per heavy atom. The smallest absolute Gasteiger partial charge is 0.354 e. The summed E-state index contributed by atoms with van der Waals surface area (Å²) < 4.78 is 0. The zero-order valence-electron chi connectivity index (χ0n) is 16.0. The van der Waals surface area contributed by atoms with Crippen molar-refractivity contribution in [3.8, 4) is 11.1 Å². The number of aromatic carboxylic acids is 1. The molecule has 0 unspecified atom stereocenters. The maximum Gasteiger partial charge on any atom is 0.354 e. The zero-order valence-corrected chi connectivity index (χ0v) is 16.7. The average Bonchev–Trinajstić information content (AvgIpc) is 2.75. The summed E-state index contributed by atoms with van der Waals surface area (Å²) in [6, 6.07) is 19.9. The number of halogens is 1. The molecule has 1 aromatic heterocycles. The van der Waals surface area contributed by atoms with Crippen molar-refractivity contribution in [3.05, 3.63) is 83.1 Å². The van der Waals surface area contributed by atoms with Crippen molar-refractivity contribution in [2.24, 2.45) is 0 Å². The van der Waals surface area contributed by atoms with Crippen LogP contribution in [-0.4, -0.2) is 47.1 Å². The van der Waals surface area contributed by atoms with Crippen LogP contribution in [0.3, 0.4) is 0 Å². The SMILES string of the molecule is O=C(O)c1ccc(N2CCN(Cc3ccccc3-c3ccc(Cl)cc3)CC2)cn1. The minimum atomic E-state index is -0.999. The lowest BCUT2D eigenvalue weighted by Gasteiger charge is -2.36. The molecule has 29 heavy (non-hydrogen) atoms. The molecule has 0 saturated carbocycles. The molecule has 0 atom stereocenters. The molecule has 2 heterocycles. The molecule has 0 bridgehead atoms. The molecule has 2 aromatic carbocycles. The maximum atomic E-state index is 11.0. The molecule has 148 valence electrons. The van der Waals surface area contributed by atoms with Gasteiger partial charge in [0.15, 0.2) is 0 Å². The van der Waals surface area contributed by atoms with E-state index in [0.29, 0.717) is 0 Å². The molecule has 1 fully saturated rings. The number of hydrogen-bond acceptors (Lipinski definition) is 4. The molecule has 5 nitrogen and oxygen atoms in total. The second-order valence-corrected chi connectivity index (χ2v) is 7.57. The molecule has 1 aliphatic heterocycles. The summed E-state index contributed by atoms with van der Waals surface area (Å²) in [4.78, 5) is 19.7. The molecular weight excluding hydrogens is 386 g/mol. The molecule has 0 spiro atoms. The first kappa shape index (κ1) is 19.4. The Kier molecular flexibility index (Phi) is 5.79. The lowest BCUT2D eigenvalue weighted by molar-refractivity contribution is 0.0690. The van der Waals surface area contributed by atoms with E-state index in [1.165, 1.54) is 16.7 Å². The van der Waals surface area contributed by atoms with E-state index < -0.39 is 5.97 Å². The number of carbonyl (C=O) groups is 1. The standard InChI is InChI=1S/C23H22ClN3O2/c24-19-7-5-17(6-8-19)21-4-2-1-3-18(21)16-26-11-13-27(14-12-26)20-9-10-22(23(28)29)25-15-20/h1-10,15H,11-14,16H2,(H,28,29). The lowest BCUT2D eigenvalue weighted by Crippen LogP contribution is -2.46. The van der Waals surface area contributed by atoms with E-state index in [-0.39, 0.29) is 5.69 Å². The van der Waals surface area contributed by atoms with E-state index >= 15 is 0 Å². The topological polar surface area (TPSA) is 56.7 Å². The second-order valence-electron chi connectivity index (χ2n) is 7.13. The summed E-state index contributed by atoms with van der Waals surface area (Å²) in [6.45, 7) is 4.54. The summed E-state index contributed by atoms with van der Waals surface area (Å²) in [5.41, 5.74) is 4.76. The Morgan fingerprint density at radius 2 is 1.69 bits per heavy atom. The molecule has 0 amide bonds. The molecule has 1 saturated heterocycles. The second kappa shape index (κ2) is 8.64. The van der Waals surface area contributed by atoms with E-state index in [9.17, 15) is 4.79 Å². The van der Waals surface area contributed by atoms with Gasteiger partial charge in [0.25, 0.3) is 0 Å². The molecular formula is C23H22ClN3O2. The zero-order chi connectivity index (χ0) is 20.2. The van der Waals surface area contributed by atoms with Gasteiger partial charge < -0.3 is 10.0 Å². The highest BCUT2D eigenvalue weighted by Gasteiger charge is 2.19. The largest absolute Gasteiger partial charge is 0.477 e. The number of piperazine rings is 1. The van der Waals surface area contributed by atoms with Gasteiger partial charge in [0.2, 0.25) is 0 Å². The summed E-state index contributed by atoms with van der Waals surface area (Å²) in [5, 5.41) is 9.73. The predicted octanol–water partition coefficient (Wildman–Crippen LogP) is 4.42. The fraction of sp³-hybridized carbons (Fsp3) is 0.217. The van der Waals surface area contributed by atoms with E-state index in [1.807, 2.05) is 18.2 Å². The fourth-order valence-electron chi connectivity index (χ4n) is 3.67. The summed E-state index contributed by atoms with van der Waals surface area (Å²) in [5.74, 6) is -0.999. The highest BCUT2D eigenvalue weighted by atomic mass is 35.5. The van der Waals surface area contributed by atoms with Gasteiger partial charge in [-0.3, -0.25) is 4.90 Å². The number of anilines is 1. The van der Waals surface area contributed by atoms with Crippen LogP contribution in [0.25, 0.3) is 11.1 Å². The number of hydrogen-bond donors (Lipinski definition) is 1. The summed E-state index contributed by atoms with van der Waals surface area (Å²) >= 11 is 6.04. The Labute approximate surface area is 175 Å². The first-order valence-electron chi connectivity index (χ1n) is 9.60. The van der Waals surface area contributed by atoms with Gasteiger partial charge in [0.1, 0.15) is 5.69 Å². The first-order valence-corrected chi connectivity index (χ1v) is 9.98. The monoisotopic (exact) mass is 407 g/mol. The van der Waals surface area contributed by atoms with Crippen LogP contribution >= 0.6 is 11.6 Å². The van der Waals surface area contributed by atoms with Gasteiger partial charge in [-0.25, -0.2) is 9.78 Å². The van der Waals surface area contributed by atoms with Crippen molar-refractivity contribution in [2.75, 3.05) is 31.1 Å². The summed E-state index contributed by atoms with van der Waals surface area (Å²) in [6.07, 6.45) is 1.65. The van der Waals surface area contributed by atoms with E-state index in [0.717, 1.165) is 43.4 Å². The Morgan fingerprint density at radius 3 is 2.34 bits per heavy atom. The summed E-state index contributed by atoms with van der Waals surface area (Å²) in [7, 11) is 0. The number of pyridine rings is 1. The van der Waals surface area contributed by atoms with Crippen LogP contribution in [0, 0.1) is 0 Å². The Bertz CT molecular complexity index is 982. The third-order valence-electron chi connectivity index (χ3n) is 5.27. The molecule has 0 radical (unpaired) electrons. The number of rotatable bonds is 5. The number of nitrogens with zero attached hydrogens (tertiary/aromatic N) is 3. The van der Waals surface area contributed by atoms with Crippen LogP contribution in [0.5, 0.6) is 0 Å². The highest BCUT2D eigenvalue weighted by molar-refractivity contribution is 6.30. The molecule has 1 aliphatic rings. The average molecular weight is 408 g/mol. The van der Waals surface area contributed by atoms with Crippen molar-refractivity contribution in [1.82, 2.24) is 9.88 Å². The maximum absolute atomic E-state index is 11.0. The van der Waals surface area contributed by atoms with Crippen LogP contribution in [0.15, 0.2) is 66.9 Å². The minimum Gasteiger partial charge on any atom is -0.477 e. The molecule has 3 aromatic rings. The molecule has 0 aliphatic carbocycles. The predicted molar refractivity (Wildman–Crippen MR) is 116 cm³/mol. The van der Waals surface area contributed by atoms with Crippen molar-refractivity contribution >= 4 is 23.3 Å². The van der Waals surface area contributed by atoms with Crippen LogP contribution < -0.4 is 4.90 Å². The van der Waals surface area contributed by atoms with Crippen LogP contribution in [0.4, 0.5) is 5.69 Å². The lowest BCUT2D eigenvalue weighted by atomic mass is 9.99. The van der Waals surface area contributed by atoms with Gasteiger partial charge in [-0.05, 0) is 41.0 Å². The van der Waals surface area contributed by atoms with Crippen LogP contribution in [0.1, 0.15) is 16.1 Å². The van der Waals surface area contributed by atoms with Crippen molar-refractivity contribution in [2.45, 2.75) is 6.54 Å². The number of benzene rings is 2. The number of carboxylic acids is 1. The van der Waals surface area contributed by atoms with Crippen molar-refractivity contribution < 1.29 is 9.90 Å². The van der Waals surface area contributed by atoms with Gasteiger partial charge in [0.05, 0.1) is 11.9 Å². The van der Waals surface area contributed by atoms with Gasteiger partial charge >= 0.3 is 5.97 Å². The quantitative estimate of drug-likeness (QED) is 0.678. The van der Waals surface area contributed by atoms with E-state index in [4.69, 9.17) is 16.7 Å². The van der Waals surface area contributed by atoms with E-state index in [1.54, 1.807) is 12.3 Å². The van der Waals surface area contributed by atoms with Gasteiger partial charge in [-0.15, -0.1) is 0 Å². The third-order valence-corrected chi connectivity index (χ3v) is 5.52. The van der Waals surface area contributed by atoms with Crippen molar-refractivity contribution in [1.29, 1.82) is 0 Å². The van der Waals surface area contributed by atoms with Crippen LogP contribution in [0.2, 0.25) is 5.02 Å². The Balaban J connectivity index is 1.41. The first-order chi connectivity index (χ1) is 14.1. The number of aromatic nitrogens is 1. The Hall–Kier alpha value is -2.89. The molecule has 1 N–H and O–H groups in total. The highest BCUT2D eigenvalue weighted by Crippen LogP contribution is 2.27. The molecule has 6 heteroatoms. The van der Waals surface area contributed by atoms with Crippen LogP contribution in [-0.2, 0) is 6.54 Å². The van der Waals surface area contributed by atoms with E-state index in [2.05, 4.69) is 51.2 Å². The number of carboxylic acid groups (broad SMARTS) is 1. The minimum absolute atomic E-state index is 0.0752. The van der Waals surface area contributed by atoms with Gasteiger partial charge in [-0.2, -0.15) is 0 Å². The normalized spacial score (nSPS) is 14.7. The fourth-order valence-corrected chi connectivity index (χ4v) is 3.80. The van der Waals surface area contributed by atoms with Gasteiger partial charge in [0, 0.05) is 37.7 Å². The van der Waals surface area contributed by atoms with Gasteiger partial charge in [-0.1, -0.05) is 48.0 Å². The molecule has 4 rings (SSSR count).